The van der Waals surface area contributed by atoms with Crippen molar-refractivity contribution in [3.63, 3.8) is 0 Å². The van der Waals surface area contributed by atoms with Gasteiger partial charge in [-0.15, -0.1) is 0 Å². The number of hydrogen-bond donors (Lipinski definition) is 1. The van der Waals surface area contributed by atoms with E-state index in [-0.39, 0.29) is 5.82 Å². The molecule has 0 saturated carbocycles. The van der Waals surface area contributed by atoms with Crippen LogP contribution in [0, 0.1) is 17.7 Å². The molecule has 0 spiro atoms. The van der Waals surface area contributed by atoms with Crippen LogP contribution in [0.1, 0.15) is 46.1 Å². The Kier molecular flexibility index (Phi) is 5.33. The van der Waals surface area contributed by atoms with Crippen LogP contribution in [0.5, 0.6) is 0 Å². The first kappa shape index (κ1) is 15.2. The highest BCUT2D eigenvalue weighted by atomic mass is 19.1. The third-order valence-corrected chi connectivity index (χ3v) is 3.00. The van der Waals surface area contributed by atoms with Gasteiger partial charge in [-0.2, -0.15) is 0 Å². The van der Waals surface area contributed by atoms with Crippen LogP contribution in [0.3, 0.4) is 0 Å². The van der Waals surface area contributed by atoms with Gasteiger partial charge in [-0.25, -0.2) is 4.39 Å². The lowest BCUT2D eigenvalue weighted by Gasteiger charge is -2.32. The molecule has 18 heavy (non-hydrogen) atoms. The van der Waals surface area contributed by atoms with Crippen LogP contribution in [-0.4, -0.2) is 10.7 Å². The lowest BCUT2D eigenvalue weighted by atomic mass is 9.80. The van der Waals surface area contributed by atoms with Crippen molar-refractivity contribution in [1.29, 1.82) is 0 Å². The van der Waals surface area contributed by atoms with Gasteiger partial charge in [0.15, 0.2) is 0 Å². The van der Waals surface area contributed by atoms with E-state index in [4.69, 9.17) is 0 Å². The van der Waals surface area contributed by atoms with Crippen molar-refractivity contribution in [3.05, 3.63) is 35.6 Å². The maximum Gasteiger partial charge on any atom is 0.123 e. The SMILES string of the molecule is CC(C)CC(O)(Cc1cccc(F)c1)CC(C)C. The molecule has 1 aromatic carbocycles. The molecule has 0 aromatic heterocycles. The van der Waals surface area contributed by atoms with E-state index in [0.29, 0.717) is 18.3 Å². The third kappa shape index (κ3) is 5.18. The van der Waals surface area contributed by atoms with Crippen molar-refractivity contribution >= 4 is 0 Å². The van der Waals surface area contributed by atoms with Crippen molar-refractivity contribution in [2.24, 2.45) is 11.8 Å². The average molecular weight is 252 g/mol. The topological polar surface area (TPSA) is 20.2 Å². The van der Waals surface area contributed by atoms with Crippen LogP contribution in [0.4, 0.5) is 4.39 Å². The smallest absolute Gasteiger partial charge is 0.123 e. The molecule has 1 rings (SSSR count). The summed E-state index contributed by atoms with van der Waals surface area (Å²) in [4.78, 5) is 0. The highest BCUT2D eigenvalue weighted by molar-refractivity contribution is 5.18. The Bertz CT molecular complexity index is 361. The summed E-state index contributed by atoms with van der Waals surface area (Å²) in [6.45, 7) is 8.43. The largest absolute Gasteiger partial charge is 0.390 e. The summed E-state index contributed by atoms with van der Waals surface area (Å²) in [6, 6.07) is 6.55. The van der Waals surface area contributed by atoms with Crippen molar-refractivity contribution in [2.75, 3.05) is 0 Å². The Morgan fingerprint density at radius 2 is 1.67 bits per heavy atom. The molecule has 0 heterocycles. The molecule has 0 atom stereocenters. The summed E-state index contributed by atoms with van der Waals surface area (Å²) in [5, 5.41) is 10.8. The fourth-order valence-corrected chi connectivity index (χ4v) is 2.77. The minimum Gasteiger partial charge on any atom is -0.390 e. The summed E-state index contributed by atoms with van der Waals surface area (Å²) in [5.74, 6) is 0.633. The van der Waals surface area contributed by atoms with Gasteiger partial charge in [-0.05, 0) is 42.4 Å². The molecule has 0 fully saturated rings. The summed E-state index contributed by atoms with van der Waals surface area (Å²) < 4.78 is 13.2. The molecule has 1 N–H and O–H groups in total. The van der Waals surface area contributed by atoms with Gasteiger partial charge in [-0.1, -0.05) is 39.8 Å². The number of benzene rings is 1. The second-order valence-electron chi connectivity index (χ2n) is 6.23. The van der Waals surface area contributed by atoms with Crippen LogP contribution in [0.15, 0.2) is 24.3 Å². The first-order valence-corrected chi connectivity index (χ1v) is 6.77. The van der Waals surface area contributed by atoms with Gasteiger partial charge < -0.3 is 5.11 Å². The molecule has 2 heteroatoms. The van der Waals surface area contributed by atoms with Crippen molar-refractivity contribution in [1.82, 2.24) is 0 Å². The maximum absolute atomic E-state index is 13.2. The zero-order valence-electron chi connectivity index (χ0n) is 11.9. The number of hydrogen-bond acceptors (Lipinski definition) is 1. The minimum atomic E-state index is -0.726. The van der Waals surface area contributed by atoms with Crippen molar-refractivity contribution in [2.45, 2.75) is 52.6 Å². The monoisotopic (exact) mass is 252 g/mol. The maximum atomic E-state index is 13.2. The Balaban J connectivity index is 2.83. The second kappa shape index (κ2) is 6.33. The molecule has 0 unspecified atom stereocenters. The van der Waals surface area contributed by atoms with Crippen LogP contribution in [0.2, 0.25) is 0 Å². The van der Waals surface area contributed by atoms with Gasteiger partial charge in [0.2, 0.25) is 0 Å². The van der Waals surface area contributed by atoms with E-state index in [1.807, 2.05) is 6.07 Å². The van der Waals surface area contributed by atoms with Crippen LogP contribution < -0.4 is 0 Å². The van der Waals surface area contributed by atoms with Gasteiger partial charge in [0.05, 0.1) is 5.60 Å². The highest BCUT2D eigenvalue weighted by Gasteiger charge is 2.29. The Hall–Kier alpha value is -0.890. The van der Waals surface area contributed by atoms with Gasteiger partial charge in [-0.3, -0.25) is 0 Å². The molecule has 0 saturated heterocycles. The number of rotatable bonds is 6. The molecule has 0 radical (unpaired) electrons. The number of aliphatic hydroxyl groups is 1. The summed E-state index contributed by atoms with van der Waals surface area (Å²) in [6.07, 6.45) is 2.03. The van der Waals surface area contributed by atoms with E-state index in [2.05, 4.69) is 27.7 Å². The molecule has 1 nitrogen and oxygen atoms in total. The van der Waals surface area contributed by atoms with Crippen LogP contribution in [-0.2, 0) is 6.42 Å². The number of halogens is 1. The molecule has 102 valence electrons. The van der Waals surface area contributed by atoms with Gasteiger partial charge in [0.1, 0.15) is 5.82 Å². The van der Waals surface area contributed by atoms with Gasteiger partial charge in [0.25, 0.3) is 0 Å². The van der Waals surface area contributed by atoms with Crippen molar-refractivity contribution in [3.8, 4) is 0 Å². The minimum absolute atomic E-state index is 0.232. The molecule has 1 aromatic rings. The standard InChI is InChI=1S/C16H25FO/c1-12(2)9-16(18,10-13(3)4)11-14-6-5-7-15(17)8-14/h5-8,12-13,18H,9-11H2,1-4H3. The summed E-state index contributed by atoms with van der Waals surface area (Å²) in [5.41, 5.74) is 0.148. The predicted octanol–water partition coefficient (Wildman–Crippen LogP) is 4.19. The molecule has 0 aliphatic heterocycles. The quantitative estimate of drug-likeness (QED) is 0.804. The van der Waals surface area contributed by atoms with E-state index in [9.17, 15) is 9.50 Å². The van der Waals surface area contributed by atoms with E-state index in [1.54, 1.807) is 6.07 Å². The molecule has 0 amide bonds. The molecule has 0 aliphatic carbocycles. The van der Waals surface area contributed by atoms with E-state index in [0.717, 1.165) is 18.4 Å². The summed E-state index contributed by atoms with van der Waals surface area (Å²) in [7, 11) is 0. The molecular formula is C16H25FO. The van der Waals surface area contributed by atoms with Gasteiger partial charge in [0, 0.05) is 6.42 Å². The normalized spacial score (nSPS) is 12.4. The summed E-state index contributed by atoms with van der Waals surface area (Å²) >= 11 is 0. The fourth-order valence-electron chi connectivity index (χ4n) is 2.77. The lowest BCUT2D eigenvalue weighted by molar-refractivity contribution is 0.000707. The molecular weight excluding hydrogens is 227 g/mol. The molecule has 0 bridgehead atoms. The first-order valence-electron chi connectivity index (χ1n) is 6.77. The third-order valence-electron chi connectivity index (χ3n) is 3.00. The van der Waals surface area contributed by atoms with E-state index in [1.165, 1.54) is 12.1 Å². The Morgan fingerprint density at radius 1 is 1.11 bits per heavy atom. The highest BCUT2D eigenvalue weighted by Crippen LogP contribution is 2.28. The fraction of sp³-hybridized carbons (Fsp3) is 0.625. The van der Waals surface area contributed by atoms with Crippen LogP contribution in [0.25, 0.3) is 0 Å². The first-order chi connectivity index (χ1) is 8.31. The van der Waals surface area contributed by atoms with E-state index < -0.39 is 5.60 Å². The lowest BCUT2D eigenvalue weighted by Crippen LogP contribution is -2.34. The van der Waals surface area contributed by atoms with E-state index >= 15 is 0 Å². The van der Waals surface area contributed by atoms with Crippen LogP contribution >= 0.6 is 0 Å². The average Bonchev–Trinajstić information content (AvgIpc) is 2.13. The zero-order chi connectivity index (χ0) is 13.8. The van der Waals surface area contributed by atoms with Gasteiger partial charge >= 0.3 is 0 Å². The second-order valence-corrected chi connectivity index (χ2v) is 6.23. The van der Waals surface area contributed by atoms with Crippen molar-refractivity contribution < 1.29 is 9.50 Å². The Morgan fingerprint density at radius 3 is 2.11 bits per heavy atom. The predicted molar refractivity (Wildman–Crippen MR) is 74.0 cm³/mol. The zero-order valence-corrected chi connectivity index (χ0v) is 11.9. The molecule has 0 aliphatic rings. The Labute approximate surface area is 110 Å².